The van der Waals surface area contributed by atoms with E-state index in [1.54, 1.807) is 12.1 Å². The molecule has 1 aliphatic rings. The van der Waals surface area contributed by atoms with Crippen LogP contribution in [0.3, 0.4) is 0 Å². The molecule has 1 fully saturated rings. The number of aromatic amines is 1. The lowest BCUT2D eigenvalue weighted by Crippen LogP contribution is -2.19. The Balaban J connectivity index is 1.72. The number of rotatable bonds is 5. The van der Waals surface area contributed by atoms with Crippen LogP contribution in [-0.4, -0.2) is 29.7 Å². The zero-order valence-corrected chi connectivity index (χ0v) is 16.4. The molecular weight excluding hydrogens is 379 g/mol. The van der Waals surface area contributed by atoms with Gasteiger partial charge >= 0.3 is 0 Å². The lowest BCUT2D eigenvalue weighted by Gasteiger charge is -2.28. The van der Waals surface area contributed by atoms with Crippen molar-refractivity contribution in [3.63, 3.8) is 0 Å². The number of sulfone groups is 1. The Bertz CT molecular complexity index is 1090. The van der Waals surface area contributed by atoms with Gasteiger partial charge in [0.05, 0.1) is 17.2 Å². The lowest BCUT2D eigenvalue weighted by atomic mass is 9.81. The molecule has 0 aliphatic heterocycles. The summed E-state index contributed by atoms with van der Waals surface area (Å²) in [6, 6.07) is 9.69. The van der Waals surface area contributed by atoms with Gasteiger partial charge in [0, 0.05) is 23.3 Å². The molecule has 148 valence electrons. The molecule has 3 aromatic rings. The summed E-state index contributed by atoms with van der Waals surface area (Å²) in [4.78, 5) is 7.58. The number of halogens is 1. The topological polar surface area (TPSA) is 83.1 Å². The van der Waals surface area contributed by atoms with Crippen molar-refractivity contribution in [1.29, 1.82) is 0 Å². The molecule has 0 spiro atoms. The molecule has 1 saturated carbocycles. The standard InChI is InChI=1S/C21H23FN2O3S/c1-28(26,27)17-8-6-14(7-9-17)20(25)19(13-4-2-3-5-13)18-11-15-10-16(22)12-23-21(15)24-18/h6-13,19-20,25H,2-5H2,1H3,(H,23,24). The SMILES string of the molecule is CS(=O)(=O)c1ccc(C(O)C(c2cc3cc(F)cnc3[nH]2)C2CCCC2)cc1. The number of aliphatic hydroxyl groups excluding tert-OH is 1. The highest BCUT2D eigenvalue weighted by molar-refractivity contribution is 7.90. The molecule has 7 heteroatoms. The number of hydrogen-bond acceptors (Lipinski definition) is 4. The molecule has 1 aliphatic carbocycles. The van der Waals surface area contributed by atoms with E-state index >= 15 is 0 Å². The summed E-state index contributed by atoms with van der Waals surface area (Å²) in [5.74, 6) is -0.293. The zero-order valence-electron chi connectivity index (χ0n) is 15.6. The van der Waals surface area contributed by atoms with E-state index in [1.165, 1.54) is 24.4 Å². The van der Waals surface area contributed by atoms with Gasteiger partial charge in [0.25, 0.3) is 0 Å². The quantitative estimate of drug-likeness (QED) is 0.673. The molecule has 0 bridgehead atoms. The van der Waals surface area contributed by atoms with E-state index in [1.807, 2.05) is 6.07 Å². The zero-order chi connectivity index (χ0) is 19.9. The molecule has 1 aromatic carbocycles. The number of pyridine rings is 1. The number of hydrogen-bond donors (Lipinski definition) is 2. The maximum absolute atomic E-state index is 13.5. The van der Waals surface area contributed by atoms with Crippen molar-refractivity contribution in [3.8, 4) is 0 Å². The Morgan fingerprint density at radius 3 is 2.50 bits per heavy atom. The van der Waals surface area contributed by atoms with Gasteiger partial charge in [0.1, 0.15) is 11.5 Å². The summed E-state index contributed by atoms with van der Waals surface area (Å²) in [5, 5.41) is 11.9. The molecule has 0 saturated heterocycles. The Hall–Kier alpha value is -2.25. The summed E-state index contributed by atoms with van der Waals surface area (Å²) < 4.78 is 36.9. The van der Waals surface area contributed by atoms with Gasteiger partial charge in [-0.1, -0.05) is 25.0 Å². The van der Waals surface area contributed by atoms with Crippen molar-refractivity contribution in [2.45, 2.75) is 42.6 Å². The van der Waals surface area contributed by atoms with Crippen LogP contribution >= 0.6 is 0 Å². The molecule has 2 heterocycles. The van der Waals surface area contributed by atoms with E-state index in [0.29, 0.717) is 22.5 Å². The van der Waals surface area contributed by atoms with Crippen molar-refractivity contribution in [2.75, 3.05) is 6.26 Å². The number of H-pyrrole nitrogens is 1. The van der Waals surface area contributed by atoms with E-state index in [9.17, 15) is 17.9 Å². The average Bonchev–Trinajstić information content (AvgIpc) is 3.31. The van der Waals surface area contributed by atoms with Gasteiger partial charge in [-0.3, -0.25) is 0 Å². The van der Waals surface area contributed by atoms with Gasteiger partial charge in [-0.2, -0.15) is 0 Å². The van der Waals surface area contributed by atoms with Gasteiger partial charge in [0.2, 0.25) is 0 Å². The van der Waals surface area contributed by atoms with E-state index in [2.05, 4.69) is 9.97 Å². The van der Waals surface area contributed by atoms with Crippen LogP contribution in [0.5, 0.6) is 0 Å². The molecule has 2 N–H and O–H groups in total. The summed E-state index contributed by atoms with van der Waals surface area (Å²) >= 11 is 0. The Kier molecular flexibility index (Phi) is 4.97. The molecule has 28 heavy (non-hydrogen) atoms. The minimum atomic E-state index is -3.29. The molecular formula is C21H23FN2O3S. The minimum Gasteiger partial charge on any atom is -0.388 e. The maximum atomic E-state index is 13.5. The van der Waals surface area contributed by atoms with E-state index in [4.69, 9.17) is 0 Å². The highest BCUT2D eigenvalue weighted by Gasteiger charge is 2.34. The summed E-state index contributed by atoms with van der Waals surface area (Å²) in [5.41, 5.74) is 2.10. The lowest BCUT2D eigenvalue weighted by molar-refractivity contribution is 0.114. The normalized spacial score (nSPS) is 17.8. The first-order chi connectivity index (χ1) is 13.3. The van der Waals surface area contributed by atoms with E-state index < -0.39 is 21.8 Å². The van der Waals surface area contributed by atoms with Crippen molar-refractivity contribution >= 4 is 20.9 Å². The monoisotopic (exact) mass is 402 g/mol. The third-order valence-electron chi connectivity index (χ3n) is 5.71. The third-order valence-corrected chi connectivity index (χ3v) is 6.84. The van der Waals surface area contributed by atoms with Crippen LogP contribution in [0, 0.1) is 11.7 Å². The average molecular weight is 402 g/mol. The highest BCUT2D eigenvalue weighted by atomic mass is 32.2. The number of fused-ring (bicyclic) bond motifs is 1. The number of nitrogens with one attached hydrogen (secondary N) is 1. The maximum Gasteiger partial charge on any atom is 0.175 e. The number of benzene rings is 1. The van der Waals surface area contributed by atoms with Gasteiger partial charge in [0.15, 0.2) is 9.84 Å². The molecule has 2 aromatic heterocycles. The van der Waals surface area contributed by atoms with Gasteiger partial charge < -0.3 is 10.1 Å². The number of aliphatic hydroxyl groups is 1. The molecule has 0 radical (unpaired) electrons. The van der Waals surface area contributed by atoms with Gasteiger partial charge in [-0.15, -0.1) is 0 Å². The van der Waals surface area contributed by atoms with Crippen LogP contribution < -0.4 is 0 Å². The second-order valence-corrected chi connectivity index (χ2v) is 9.69. The van der Waals surface area contributed by atoms with Crippen LogP contribution in [0.25, 0.3) is 11.0 Å². The predicted molar refractivity (Wildman–Crippen MR) is 105 cm³/mol. The highest BCUT2D eigenvalue weighted by Crippen LogP contribution is 2.44. The van der Waals surface area contributed by atoms with Crippen LogP contribution in [0.4, 0.5) is 4.39 Å². The molecule has 2 atom stereocenters. The Morgan fingerprint density at radius 1 is 1.18 bits per heavy atom. The minimum absolute atomic E-state index is 0.191. The summed E-state index contributed by atoms with van der Waals surface area (Å²) in [6.07, 6.45) is 5.81. The first kappa shape index (κ1) is 19.1. The van der Waals surface area contributed by atoms with Gasteiger partial charge in [-0.05, 0) is 48.6 Å². The largest absolute Gasteiger partial charge is 0.388 e. The van der Waals surface area contributed by atoms with Crippen molar-refractivity contribution in [3.05, 3.63) is 59.7 Å². The van der Waals surface area contributed by atoms with Crippen molar-refractivity contribution < 1.29 is 17.9 Å². The summed E-state index contributed by atoms with van der Waals surface area (Å²) in [7, 11) is -3.29. The van der Waals surface area contributed by atoms with Crippen molar-refractivity contribution in [1.82, 2.24) is 9.97 Å². The first-order valence-corrected chi connectivity index (χ1v) is 11.3. The first-order valence-electron chi connectivity index (χ1n) is 9.45. The van der Waals surface area contributed by atoms with Gasteiger partial charge in [-0.25, -0.2) is 17.8 Å². The Morgan fingerprint density at radius 2 is 1.86 bits per heavy atom. The number of nitrogens with zero attached hydrogens (tertiary/aromatic N) is 1. The van der Waals surface area contributed by atoms with Crippen LogP contribution in [0.2, 0.25) is 0 Å². The third kappa shape index (κ3) is 3.69. The Labute approximate surface area is 163 Å². The van der Waals surface area contributed by atoms with Crippen LogP contribution in [-0.2, 0) is 9.84 Å². The molecule has 5 nitrogen and oxygen atoms in total. The van der Waals surface area contributed by atoms with E-state index in [-0.39, 0.29) is 10.8 Å². The fourth-order valence-electron chi connectivity index (χ4n) is 4.31. The second kappa shape index (κ2) is 7.29. The van der Waals surface area contributed by atoms with E-state index in [0.717, 1.165) is 37.6 Å². The predicted octanol–water partition coefficient (Wildman–Crippen LogP) is 4.11. The summed E-state index contributed by atoms with van der Waals surface area (Å²) in [6.45, 7) is 0. The number of aromatic nitrogens is 2. The smallest absolute Gasteiger partial charge is 0.175 e. The van der Waals surface area contributed by atoms with Crippen LogP contribution in [0.15, 0.2) is 47.5 Å². The molecule has 2 unspecified atom stereocenters. The fraction of sp³-hybridized carbons (Fsp3) is 0.381. The molecule has 0 amide bonds. The van der Waals surface area contributed by atoms with Crippen LogP contribution in [0.1, 0.15) is 49.0 Å². The van der Waals surface area contributed by atoms with Crippen molar-refractivity contribution in [2.24, 2.45) is 5.92 Å². The second-order valence-electron chi connectivity index (χ2n) is 7.67. The fourth-order valence-corrected chi connectivity index (χ4v) is 4.94. The molecule has 4 rings (SSSR count).